The molecule has 30 heavy (non-hydrogen) atoms. The van der Waals surface area contributed by atoms with E-state index in [0.717, 1.165) is 35.5 Å². The summed E-state index contributed by atoms with van der Waals surface area (Å²) < 4.78 is 11.9. The highest BCUT2D eigenvalue weighted by Crippen LogP contribution is 2.41. The molecular weight excluding hydrogens is 378 g/mol. The minimum Gasteiger partial charge on any atom is -0.486 e. The average molecular weight is 416 g/mol. The van der Waals surface area contributed by atoms with E-state index in [9.17, 15) is 9.90 Å². The highest BCUT2D eigenvalue weighted by atomic mass is 16.5. The Morgan fingerprint density at radius 3 is 2.27 bits per heavy atom. The number of hydrogen-bond acceptors (Lipinski definition) is 5. The molecule has 0 amide bonds. The first-order valence-electron chi connectivity index (χ1n) is 10.7. The number of benzene rings is 1. The third-order valence-electron chi connectivity index (χ3n) is 5.97. The smallest absolute Gasteiger partial charge is 0.175 e. The van der Waals surface area contributed by atoms with Crippen molar-refractivity contribution in [3.8, 4) is 5.75 Å². The zero-order chi connectivity index (χ0) is 22.7. The third-order valence-corrected chi connectivity index (χ3v) is 5.97. The maximum Gasteiger partial charge on any atom is 0.175 e. The molecule has 1 atom stereocenters. The summed E-state index contributed by atoms with van der Waals surface area (Å²) in [5.74, 6) is 2.18. The number of nitrogens with zero attached hydrogens (tertiary/aromatic N) is 1. The van der Waals surface area contributed by atoms with Crippen LogP contribution in [0.3, 0.4) is 0 Å². The van der Waals surface area contributed by atoms with Crippen LogP contribution in [0, 0.1) is 12.3 Å². The van der Waals surface area contributed by atoms with Crippen LogP contribution in [0.2, 0.25) is 0 Å². The number of aliphatic hydroxyl groups excluding tert-OH is 1. The van der Waals surface area contributed by atoms with E-state index in [-0.39, 0.29) is 17.8 Å². The van der Waals surface area contributed by atoms with Crippen LogP contribution in [0.1, 0.15) is 76.3 Å². The zero-order valence-corrected chi connectivity index (χ0v) is 19.7. The molecule has 0 aliphatic heterocycles. The van der Waals surface area contributed by atoms with E-state index >= 15 is 0 Å². The molecule has 2 aromatic rings. The number of rotatable bonds is 9. The van der Waals surface area contributed by atoms with Crippen LogP contribution in [-0.2, 0) is 10.2 Å². The number of ketones is 1. The summed E-state index contributed by atoms with van der Waals surface area (Å²) in [6.45, 7) is 12.1. The van der Waals surface area contributed by atoms with Crippen molar-refractivity contribution in [3.63, 3.8) is 0 Å². The molecule has 166 valence electrons. The largest absolute Gasteiger partial charge is 0.486 e. The molecule has 1 aromatic carbocycles. The number of aliphatic hydroxyl groups is 1. The van der Waals surface area contributed by atoms with E-state index in [2.05, 4.69) is 26.0 Å². The molecule has 0 bridgehead atoms. The SMILES string of the molecule is CCC(CC)(c1ccc(OCC(=O)C(C)(C)C)c(C)c1)c1ccc(C(O)N(C)C)o1. The van der Waals surface area contributed by atoms with Crippen LogP contribution in [0.15, 0.2) is 34.7 Å². The predicted octanol–water partition coefficient (Wildman–Crippen LogP) is 5.24. The van der Waals surface area contributed by atoms with E-state index in [1.165, 1.54) is 0 Å². The highest BCUT2D eigenvalue weighted by Gasteiger charge is 2.35. The number of carbonyl (C=O) groups excluding carboxylic acids is 1. The van der Waals surface area contributed by atoms with Crippen molar-refractivity contribution < 1.29 is 19.1 Å². The van der Waals surface area contributed by atoms with Crippen molar-refractivity contribution in [2.45, 2.75) is 66.0 Å². The summed E-state index contributed by atoms with van der Waals surface area (Å²) in [5.41, 5.74) is 1.41. The van der Waals surface area contributed by atoms with E-state index in [1.807, 2.05) is 60.0 Å². The van der Waals surface area contributed by atoms with Crippen LogP contribution in [-0.4, -0.2) is 36.5 Å². The maximum atomic E-state index is 12.2. The maximum absolute atomic E-state index is 12.2. The number of ether oxygens (including phenoxy) is 1. The first kappa shape index (κ1) is 24.2. The van der Waals surface area contributed by atoms with Gasteiger partial charge in [-0.05, 0) is 63.2 Å². The molecular formula is C25H37NO4. The second-order valence-corrected chi connectivity index (χ2v) is 9.27. The van der Waals surface area contributed by atoms with Gasteiger partial charge in [-0.1, -0.05) is 46.8 Å². The van der Waals surface area contributed by atoms with Crippen LogP contribution in [0.25, 0.3) is 0 Å². The lowest BCUT2D eigenvalue weighted by molar-refractivity contribution is -0.128. The molecule has 0 fully saturated rings. The normalized spacial score (nSPS) is 13.5. The fourth-order valence-corrected chi connectivity index (χ4v) is 3.62. The predicted molar refractivity (Wildman–Crippen MR) is 120 cm³/mol. The summed E-state index contributed by atoms with van der Waals surface area (Å²) in [4.78, 5) is 13.9. The second kappa shape index (κ2) is 9.36. The summed E-state index contributed by atoms with van der Waals surface area (Å²) in [6, 6.07) is 9.94. The lowest BCUT2D eigenvalue weighted by Crippen LogP contribution is -2.27. The van der Waals surface area contributed by atoms with Crippen molar-refractivity contribution in [1.82, 2.24) is 4.90 Å². The Balaban J connectivity index is 2.34. The van der Waals surface area contributed by atoms with Gasteiger partial charge in [0.15, 0.2) is 12.0 Å². The molecule has 0 aliphatic carbocycles. The molecule has 1 N–H and O–H groups in total. The number of Topliss-reactive ketones (excluding diaryl/α,β-unsaturated/α-hetero) is 1. The molecule has 0 radical (unpaired) electrons. The standard InChI is InChI=1S/C25H37NO4/c1-9-25(10-2,22-14-13-20(30-22)23(28)26(7)8)18-11-12-19(17(3)15-18)29-16-21(27)24(4,5)6/h11-15,23,28H,9-10,16H2,1-8H3. The summed E-state index contributed by atoms with van der Waals surface area (Å²) in [5, 5.41) is 10.3. The van der Waals surface area contributed by atoms with Gasteiger partial charge in [-0.3, -0.25) is 9.69 Å². The first-order chi connectivity index (χ1) is 14.0. The minimum absolute atomic E-state index is 0.0698. The Morgan fingerprint density at radius 2 is 1.77 bits per heavy atom. The van der Waals surface area contributed by atoms with Gasteiger partial charge < -0.3 is 14.3 Å². The van der Waals surface area contributed by atoms with Gasteiger partial charge in [-0.25, -0.2) is 0 Å². The van der Waals surface area contributed by atoms with E-state index in [0.29, 0.717) is 5.76 Å². The van der Waals surface area contributed by atoms with Gasteiger partial charge in [0.25, 0.3) is 0 Å². The third kappa shape index (κ3) is 4.96. The molecule has 0 aliphatic rings. The lowest BCUT2D eigenvalue weighted by atomic mass is 9.73. The number of furan rings is 1. The number of carbonyl (C=O) groups is 1. The first-order valence-corrected chi connectivity index (χ1v) is 10.7. The van der Waals surface area contributed by atoms with Crippen LogP contribution < -0.4 is 4.74 Å². The van der Waals surface area contributed by atoms with Crippen molar-refractivity contribution >= 4 is 5.78 Å². The fraction of sp³-hybridized carbons (Fsp3) is 0.560. The van der Waals surface area contributed by atoms with Gasteiger partial charge in [0.2, 0.25) is 0 Å². The van der Waals surface area contributed by atoms with Crippen LogP contribution in [0.4, 0.5) is 0 Å². The molecule has 0 saturated heterocycles. The van der Waals surface area contributed by atoms with Crippen molar-refractivity contribution in [2.24, 2.45) is 5.41 Å². The molecule has 5 nitrogen and oxygen atoms in total. The summed E-state index contributed by atoms with van der Waals surface area (Å²) >= 11 is 0. The van der Waals surface area contributed by atoms with Gasteiger partial charge >= 0.3 is 0 Å². The molecule has 2 rings (SSSR count). The molecule has 1 heterocycles. The Labute approximate surface area is 181 Å². The molecule has 1 unspecified atom stereocenters. The molecule has 5 heteroatoms. The van der Waals surface area contributed by atoms with E-state index in [4.69, 9.17) is 9.15 Å². The zero-order valence-electron chi connectivity index (χ0n) is 19.7. The van der Waals surface area contributed by atoms with Gasteiger partial charge in [0.05, 0.1) is 5.41 Å². The lowest BCUT2D eigenvalue weighted by Gasteiger charge is -2.31. The molecule has 0 saturated carbocycles. The minimum atomic E-state index is -0.775. The highest BCUT2D eigenvalue weighted by molar-refractivity contribution is 5.85. The fourth-order valence-electron chi connectivity index (χ4n) is 3.62. The van der Waals surface area contributed by atoms with Gasteiger partial charge in [-0.15, -0.1) is 0 Å². The van der Waals surface area contributed by atoms with Crippen molar-refractivity contribution in [1.29, 1.82) is 0 Å². The number of hydrogen-bond donors (Lipinski definition) is 1. The average Bonchev–Trinajstić information content (AvgIpc) is 3.17. The van der Waals surface area contributed by atoms with Crippen molar-refractivity contribution in [2.75, 3.05) is 20.7 Å². The summed E-state index contributed by atoms with van der Waals surface area (Å²) in [7, 11) is 3.62. The van der Waals surface area contributed by atoms with Crippen LogP contribution in [0.5, 0.6) is 5.75 Å². The van der Waals surface area contributed by atoms with Gasteiger partial charge in [-0.2, -0.15) is 0 Å². The Bertz CT molecular complexity index is 856. The second-order valence-electron chi connectivity index (χ2n) is 9.27. The topological polar surface area (TPSA) is 62.9 Å². The monoisotopic (exact) mass is 415 g/mol. The quantitative estimate of drug-likeness (QED) is 0.568. The van der Waals surface area contributed by atoms with E-state index in [1.54, 1.807) is 4.90 Å². The van der Waals surface area contributed by atoms with Crippen molar-refractivity contribution in [3.05, 3.63) is 53.0 Å². The molecule has 1 aromatic heterocycles. The van der Waals surface area contributed by atoms with E-state index < -0.39 is 11.6 Å². The summed E-state index contributed by atoms with van der Waals surface area (Å²) in [6.07, 6.45) is 0.941. The Morgan fingerprint density at radius 1 is 1.13 bits per heavy atom. The molecule has 0 spiro atoms. The number of aryl methyl sites for hydroxylation is 1. The Hall–Kier alpha value is -2.11. The Kier molecular flexibility index (Phi) is 7.54. The van der Waals surface area contributed by atoms with Crippen LogP contribution >= 0.6 is 0 Å². The van der Waals surface area contributed by atoms with Gasteiger partial charge in [0.1, 0.15) is 23.9 Å². The van der Waals surface area contributed by atoms with Gasteiger partial charge in [0, 0.05) is 5.41 Å².